The Morgan fingerprint density at radius 2 is 1.29 bits per heavy atom. The molecular formula is C30H42O12. The minimum absolute atomic E-state index is 0.0880. The topological polar surface area (TPSA) is 172 Å². The van der Waals surface area contributed by atoms with Gasteiger partial charge in [-0.2, -0.15) is 0 Å². The van der Waals surface area contributed by atoms with Crippen LogP contribution >= 0.6 is 0 Å². The van der Waals surface area contributed by atoms with Gasteiger partial charge in [-0.05, 0) is 48.5 Å². The van der Waals surface area contributed by atoms with E-state index in [9.17, 15) is 34.2 Å². The van der Waals surface area contributed by atoms with Crippen molar-refractivity contribution in [2.24, 2.45) is 11.3 Å². The van der Waals surface area contributed by atoms with Crippen LogP contribution in [0.2, 0.25) is 0 Å². The molecule has 0 fully saturated rings. The lowest BCUT2D eigenvalue weighted by molar-refractivity contribution is -0.156. The molecule has 0 amide bonds. The molecule has 0 spiro atoms. The molecule has 2 bridgehead atoms. The quantitative estimate of drug-likeness (QED) is 0.262. The number of ether oxygens (including phenoxy) is 5. The summed E-state index contributed by atoms with van der Waals surface area (Å²) < 4.78 is 28.4. The van der Waals surface area contributed by atoms with Crippen LogP contribution in [0.4, 0.5) is 0 Å². The molecule has 2 aliphatic rings. The van der Waals surface area contributed by atoms with E-state index in [-0.39, 0.29) is 29.7 Å². The predicted molar refractivity (Wildman–Crippen MR) is 147 cm³/mol. The first kappa shape index (κ1) is 34.7. The first-order chi connectivity index (χ1) is 19.4. The number of carbonyl (C=O) groups is 5. The molecule has 2 N–H and O–H groups in total. The minimum atomic E-state index is -1.40. The van der Waals surface area contributed by atoms with Gasteiger partial charge in [-0.25, -0.2) is 0 Å². The van der Waals surface area contributed by atoms with E-state index in [2.05, 4.69) is 0 Å². The van der Waals surface area contributed by atoms with Gasteiger partial charge in [0.1, 0.15) is 18.3 Å². The lowest BCUT2D eigenvalue weighted by atomic mass is 9.60. The van der Waals surface area contributed by atoms with Gasteiger partial charge in [0.05, 0.1) is 12.7 Å². The van der Waals surface area contributed by atoms with Gasteiger partial charge in [-0.3, -0.25) is 24.0 Å². The number of fused-ring (bicyclic) bond motifs is 2. The molecule has 0 heterocycles. The Kier molecular flexibility index (Phi) is 11.7. The van der Waals surface area contributed by atoms with Crippen LogP contribution in [0.5, 0.6) is 0 Å². The van der Waals surface area contributed by atoms with Crippen molar-refractivity contribution in [2.45, 2.75) is 106 Å². The zero-order valence-corrected chi connectivity index (χ0v) is 25.6. The third kappa shape index (κ3) is 8.28. The predicted octanol–water partition coefficient (Wildman–Crippen LogP) is 2.60. The number of hydrogen-bond donors (Lipinski definition) is 2. The number of esters is 5. The Balaban J connectivity index is 3.13. The highest BCUT2D eigenvalue weighted by atomic mass is 16.6. The molecule has 12 heteroatoms. The van der Waals surface area contributed by atoms with Crippen molar-refractivity contribution in [3.8, 4) is 0 Å². The number of aliphatic hydroxyl groups is 2. The molecule has 2 rings (SSSR count). The number of hydrogen-bond acceptors (Lipinski definition) is 12. The Morgan fingerprint density at radius 3 is 1.74 bits per heavy atom. The molecule has 0 saturated heterocycles. The molecule has 0 aliphatic heterocycles. The van der Waals surface area contributed by atoms with E-state index in [4.69, 9.17) is 23.7 Å². The lowest BCUT2D eigenvalue weighted by Gasteiger charge is -2.48. The van der Waals surface area contributed by atoms with Gasteiger partial charge < -0.3 is 33.9 Å². The van der Waals surface area contributed by atoms with Crippen LogP contribution < -0.4 is 0 Å². The SMILES string of the molecule is CC(=O)O/C1=C(/C)[C@@H](OC(C)=O)C[C@H](O)/C(CO)=C/[C@H](OC(C)=O)[C@H]2C[C@H](OC(C)=O)C(C)=C([C@H]1OC(C)=O)C2(C)C. The average Bonchev–Trinajstić information content (AvgIpc) is 2.83. The van der Waals surface area contributed by atoms with E-state index in [1.54, 1.807) is 6.92 Å². The van der Waals surface area contributed by atoms with Crippen LogP contribution in [0, 0.1) is 11.3 Å². The summed E-state index contributed by atoms with van der Waals surface area (Å²) in [5.41, 5.74) is 0.177. The summed E-state index contributed by atoms with van der Waals surface area (Å²) in [5, 5.41) is 21.4. The summed E-state index contributed by atoms with van der Waals surface area (Å²) in [4.78, 5) is 61.5. The van der Waals surface area contributed by atoms with E-state index >= 15 is 0 Å². The van der Waals surface area contributed by atoms with Crippen LogP contribution in [0.1, 0.15) is 75.2 Å². The van der Waals surface area contributed by atoms with Crippen molar-refractivity contribution in [2.75, 3.05) is 6.61 Å². The van der Waals surface area contributed by atoms with Crippen molar-refractivity contribution >= 4 is 29.8 Å². The van der Waals surface area contributed by atoms with Crippen molar-refractivity contribution in [3.63, 3.8) is 0 Å². The summed E-state index contributed by atoms with van der Waals surface area (Å²) in [7, 11) is 0. The maximum atomic E-state index is 12.5. The highest BCUT2D eigenvalue weighted by Crippen LogP contribution is 2.51. The molecule has 6 atom stereocenters. The molecule has 42 heavy (non-hydrogen) atoms. The van der Waals surface area contributed by atoms with Crippen LogP contribution in [0.15, 0.2) is 34.1 Å². The number of rotatable bonds is 6. The Bertz CT molecular complexity index is 1190. The zero-order chi connectivity index (χ0) is 32.1. The third-order valence-electron chi connectivity index (χ3n) is 7.65. The van der Waals surface area contributed by atoms with Crippen LogP contribution in [-0.4, -0.2) is 77.2 Å². The molecular weight excluding hydrogens is 552 g/mol. The van der Waals surface area contributed by atoms with Gasteiger partial charge in [-0.15, -0.1) is 0 Å². The zero-order valence-electron chi connectivity index (χ0n) is 25.6. The normalized spacial score (nSPS) is 30.9. The van der Waals surface area contributed by atoms with E-state index in [1.165, 1.54) is 33.8 Å². The lowest BCUT2D eigenvalue weighted by Crippen LogP contribution is -2.49. The smallest absolute Gasteiger partial charge is 0.307 e. The van der Waals surface area contributed by atoms with E-state index < -0.39 is 78.3 Å². The highest BCUT2D eigenvalue weighted by Gasteiger charge is 2.51. The van der Waals surface area contributed by atoms with Gasteiger partial charge >= 0.3 is 29.8 Å². The molecule has 0 saturated carbocycles. The van der Waals surface area contributed by atoms with Crippen LogP contribution in [0.3, 0.4) is 0 Å². The van der Waals surface area contributed by atoms with Gasteiger partial charge in [0.2, 0.25) is 0 Å². The largest absolute Gasteiger partial charge is 0.458 e. The van der Waals surface area contributed by atoms with Crippen molar-refractivity contribution in [1.29, 1.82) is 0 Å². The fraction of sp³-hybridized carbons (Fsp3) is 0.633. The Labute approximate surface area is 245 Å². The molecule has 0 aromatic heterocycles. The fourth-order valence-electron chi connectivity index (χ4n) is 5.85. The summed E-state index contributed by atoms with van der Waals surface area (Å²) >= 11 is 0. The van der Waals surface area contributed by atoms with Crippen molar-refractivity contribution < 1.29 is 57.9 Å². The fourth-order valence-corrected chi connectivity index (χ4v) is 5.85. The summed E-state index contributed by atoms with van der Waals surface area (Å²) in [6.45, 7) is 12.2. The van der Waals surface area contributed by atoms with Gasteiger partial charge in [-0.1, -0.05) is 13.8 Å². The molecule has 2 aliphatic carbocycles. The van der Waals surface area contributed by atoms with Gasteiger partial charge in [0.15, 0.2) is 11.9 Å². The second-order valence-corrected chi connectivity index (χ2v) is 11.2. The van der Waals surface area contributed by atoms with Gasteiger partial charge in [0, 0.05) is 52.5 Å². The van der Waals surface area contributed by atoms with E-state index in [0.29, 0.717) is 11.1 Å². The summed E-state index contributed by atoms with van der Waals surface area (Å²) in [5.74, 6) is -4.23. The standard InChI is InChI=1S/C30H42O12/c1-14-24(38-16(3)32)11-22-26(40-18(5)34)10-21(13-31)23(37)12-25(39-17(4)33)15(2)28(41-19(6)35)29(42-20(7)36)27(14)30(22,8)9/h10,22-26,29,31,37H,11-13H2,1-9H3/b21-10+,28-15-/t22-,23+,24+,25+,26+,29-/m1/s1. The summed E-state index contributed by atoms with van der Waals surface area (Å²) in [6.07, 6.45) is -4.54. The maximum Gasteiger partial charge on any atom is 0.307 e. The number of carbonyl (C=O) groups excluding carboxylic acids is 5. The van der Waals surface area contributed by atoms with Crippen molar-refractivity contribution in [1.82, 2.24) is 0 Å². The molecule has 234 valence electrons. The van der Waals surface area contributed by atoms with Crippen LogP contribution in [-0.2, 0) is 47.7 Å². The third-order valence-corrected chi connectivity index (χ3v) is 7.65. The molecule has 0 radical (unpaired) electrons. The maximum absolute atomic E-state index is 12.5. The van der Waals surface area contributed by atoms with E-state index in [1.807, 2.05) is 13.8 Å². The monoisotopic (exact) mass is 594 g/mol. The molecule has 0 aromatic carbocycles. The van der Waals surface area contributed by atoms with Crippen LogP contribution in [0.25, 0.3) is 0 Å². The first-order valence-corrected chi connectivity index (χ1v) is 13.7. The molecule has 12 nitrogen and oxygen atoms in total. The highest BCUT2D eigenvalue weighted by molar-refractivity contribution is 5.70. The average molecular weight is 595 g/mol. The summed E-state index contributed by atoms with van der Waals surface area (Å²) in [6, 6.07) is 0. The Hall–Kier alpha value is -3.51. The minimum Gasteiger partial charge on any atom is -0.458 e. The van der Waals surface area contributed by atoms with Gasteiger partial charge in [0.25, 0.3) is 0 Å². The number of aliphatic hydroxyl groups excluding tert-OH is 2. The van der Waals surface area contributed by atoms with E-state index in [0.717, 1.165) is 13.8 Å². The van der Waals surface area contributed by atoms with Crippen molar-refractivity contribution in [3.05, 3.63) is 34.1 Å². The Morgan fingerprint density at radius 1 is 0.786 bits per heavy atom. The molecule has 0 aromatic rings. The first-order valence-electron chi connectivity index (χ1n) is 13.7. The second kappa shape index (κ2) is 14.1. The molecule has 0 unspecified atom stereocenters. The second-order valence-electron chi connectivity index (χ2n) is 11.2.